The van der Waals surface area contributed by atoms with Crippen LogP contribution in [0.2, 0.25) is 0 Å². The molecule has 10 heteroatoms. The van der Waals surface area contributed by atoms with Gasteiger partial charge in [-0.3, -0.25) is 19.1 Å². The van der Waals surface area contributed by atoms with Crippen LogP contribution in [0.5, 0.6) is 0 Å². The van der Waals surface area contributed by atoms with Gasteiger partial charge in [-0.2, -0.15) is 0 Å². The summed E-state index contributed by atoms with van der Waals surface area (Å²) in [7, 11) is 0. The summed E-state index contributed by atoms with van der Waals surface area (Å²) in [4.78, 5) is 24.3. The Morgan fingerprint density at radius 2 is 1.90 bits per heavy atom. The van der Waals surface area contributed by atoms with Crippen molar-refractivity contribution in [2.75, 3.05) is 19.8 Å². The molecule has 0 bridgehead atoms. The number of nitrogens with zero attached hydrogens (tertiary/aromatic N) is 3. The standard InChI is InChI=1S/C12H20ClN5O3.C6H14O.C2H6/c13-15-12(21)5-4-10-9-18(17-16-10)7-2-1-3-11(20)14-6-8-19;1-3-4-6(2)5-7;1-2/h9,19H,1-8H2,(H,14,20)(H,15,21);6-7H,3-5H2,1-2H3;1-2H3. The minimum absolute atomic E-state index is 0.0464. The molecule has 2 amide bonds. The van der Waals surface area contributed by atoms with Crippen LogP contribution in [-0.4, -0.2) is 56.8 Å². The van der Waals surface area contributed by atoms with Crippen molar-refractivity contribution >= 4 is 23.6 Å². The average molecular weight is 450 g/mol. The van der Waals surface area contributed by atoms with E-state index >= 15 is 0 Å². The number of nitrogens with one attached hydrogen (secondary N) is 2. The first kappa shape index (κ1) is 30.5. The van der Waals surface area contributed by atoms with E-state index in [-0.39, 0.29) is 24.8 Å². The Morgan fingerprint density at radius 3 is 2.43 bits per heavy atom. The van der Waals surface area contributed by atoms with Crippen LogP contribution in [0, 0.1) is 5.92 Å². The summed E-state index contributed by atoms with van der Waals surface area (Å²) < 4.78 is 1.69. The smallest absolute Gasteiger partial charge is 0.234 e. The van der Waals surface area contributed by atoms with Gasteiger partial charge in [0.05, 0.1) is 12.3 Å². The lowest BCUT2D eigenvalue weighted by molar-refractivity contribution is -0.121. The molecular formula is C20H40ClN5O4. The van der Waals surface area contributed by atoms with Crippen molar-refractivity contribution in [3.05, 3.63) is 11.9 Å². The quantitative estimate of drug-likeness (QED) is 0.270. The van der Waals surface area contributed by atoms with Crippen LogP contribution >= 0.6 is 11.8 Å². The van der Waals surface area contributed by atoms with E-state index in [1.54, 1.807) is 10.9 Å². The van der Waals surface area contributed by atoms with Gasteiger partial charge in [0, 0.05) is 56.9 Å². The summed E-state index contributed by atoms with van der Waals surface area (Å²) >= 11 is 5.18. The maximum Gasteiger partial charge on any atom is 0.234 e. The molecule has 0 aromatic carbocycles. The number of hydrogen-bond donors (Lipinski definition) is 4. The van der Waals surface area contributed by atoms with Crippen molar-refractivity contribution in [3.63, 3.8) is 0 Å². The Hall–Kier alpha value is -1.71. The molecule has 176 valence electrons. The summed E-state index contributed by atoms with van der Waals surface area (Å²) in [5, 5.41) is 27.5. The maximum absolute atomic E-state index is 11.3. The largest absolute Gasteiger partial charge is 0.396 e. The second kappa shape index (κ2) is 22.0. The molecule has 1 atom stereocenters. The van der Waals surface area contributed by atoms with Gasteiger partial charge in [-0.15, -0.1) is 5.10 Å². The Labute approximate surface area is 185 Å². The number of aliphatic hydroxyl groups excluding tert-OH is 2. The number of amides is 2. The molecular weight excluding hydrogens is 410 g/mol. The Morgan fingerprint density at radius 1 is 1.20 bits per heavy atom. The average Bonchev–Trinajstić information content (AvgIpc) is 3.23. The van der Waals surface area contributed by atoms with Gasteiger partial charge in [0.2, 0.25) is 11.8 Å². The highest BCUT2D eigenvalue weighted by Crippen LogP contribution is 2.02. The zero-order chi connectivity index (χ0) is 23.2. The van der Waals surface area contributed by atoms with Crippen LogP contribution in [0.3, 0.4) is 0 Å². The van der Waals surface area contributed by atoms with Crippen LogP contribution < -0.4 is 10.2 Å². The van der Waals surface area contributed by atoms with Crippen molar-refractivity contribution in [1.82, 2.24) is 25.1 Å². The summed E-state index contributed by atoms with van der Waals surface area (Å²) in [5.74, 6) is 0.195. The topological polar surface area (TPSA) is 129 Å². The number of aromatic nitrogens is 3. The number of unbranched alkanes of at least 4 members (excludes halogenated alkanes) is 1. The molecule has 9 nitrogen and oxygen atoms in total. The van der Waals surface area contributed by atoms with Crippen molar-refractivity contribution in [2.24, 2.45) is 5.92 Å². The Balaban J connectivity index is 0. The molecule has 0 aliphatic heterocycles. The van der Waals surface area contributed by atoms with E-state index in [2.05, 4.69) is 29.5 Å². The maximum atomic E-state index is 11.3. The molecule has 0 fully saturated rings. The number of hydrogen-bond acceptors (Lipinski definition) is 6. The van der Waals surface area contributed by atoms with Gasteiger partial charge >= 0.3 is 0 Å². The van der Waals surface area contributed by atoms with E-state index in [1.165, 1.54) is 6.42 Å². The van der Waals surface area contributed by atoms with E-state index in [1.807, 2.05) is 18.7 Å². The van der Waals surface area contributed by atoms with Gasteiger partial charge in [0.15, 0.2) is 0 Å². The molecule has 0 aliphatic rings. The fourth-order valence-corrected chi connectivity index (χ4v) is 2.37. The first-order valence-corrected chi connectivity index (χ1v) is 11.1. The first-order valence-electron chi connectivity index (χ1n) is 10.7. The van der Waals surface area contributed by atoms with Crippen LogP contribution in [-0.2, 0) is 22.6 Å². The number of carbonyl (C=O) groups is 2. The number of rotatable bonds is 13. The Bertz CT molecular complexity index is 543. The van der Waals surface area contributed by atoms with E-state index in [0.29, 0.717) is 38.5 Å². The fourth-order valence-electron chi connectivity index (χ4n) is 2.28. The second-order valence-corrected chi connectivity index (χ2v) is 6.79. The summed E-state index contributed by atoms with van der Waals surface area (Å²) in [6.07, 6.45) is 6.84. The number of aliphatic hydroxyl groups is 2. The summed E-state index contributed by atoms with van der Waals surface area (Å²) in [6, 6.07) is 0. The van der Waals surface area contributed by atoms with Crippen LogP contribution in [0.4, 0.5) is 0 Å². The molecule has 0 saturated heterocycles. The Kier molecular flexibility index (Phi) is 22.3. The fraction of sp³-hybridized carbons (Fsp3) is 0.800. The minimum atomic E-state index is -0.250. The highest BCUT2D eigenvalue weighted by atomic mass is 35.5. The number of halogens is 1. The number of carbonyl (C=O) groups excluding carboxylic acids is 2. The highest BCUT2D eigenvalue weighted by Gasteiger charge is 2.05. The molecule has 1 unspecified atom stereocenters. The number of aryl methyl sites for hydroxylation is 2. The molecule has 0 aliphatic carbocycles. The van der Waals surface area contributed by atoms with Gasteiger partial charge in [-0.1, -0.05) is 39.3 Å². The van der Waals surface area contributed by atoms with Crippen LogP contribution in [0.15, 0.2) is 6.20 Å². The molecule has 1 heterocycles. The lowest BCUT2D eigenvalue weighted by Crippen LogP contribution is -2.26. The monoisotopic (exact) mass is 449 g/mol. The molecule has 0 radical (unpaired) electrons. The minimum Gasteiger partial charge on any atom is -0.396 e. The third-order valence-corrected chi connectivity index (χ3v) is 4.08. The molecule has 4 N–H and O–H groups in total. The summed E-state index contributed by atoms with van der Waals surface area (Å²) in [5.41, 5.74) is 0.732. The van der Waals surface area contributed by atoms with Crippen molar-refractivity contribution in [1.29, 1.82) is 0 Å². The van der Waals surface area contributed by atoms with Gasteiger partial charge < -0.3 is 15.5 Å². The van der Waals surface area contributed by atoms with Crippen LogP contribution in [0.1, 0.15) is 71.9 Å². The van der Waals surface area contributed by atoms with E-state index < -0.39 is 0 Å². The lowest BCUT2D eigenvalue weighted by atomic mass is 10.1. The normalized spacial score (nSPS) is 10.8. The van der Waals surface area contributed by atoms with E-state index in [9.17, 15) is 9.59 Å². The first-order chi connectivity index (χ1) is 14.5. The predicted octanol–water partition coefficient (Wildman–Crippen LogP) is 2.20. The van der Waals surface area contributed by atoms with Crippen molar-refractivity contribution in [2.45, 2.75) is 79.2 Å². The van der Waals surface area contributed by atoms with Crippen LogP contribution in [0.25, 0.3) is 0 Å². The summed E-state index contributed by atoms with van der Waals surface area (Å²) in [6.45, 7) is 9.45. The zero-order valence-electron chi connectivity index (χ0n) is 18.9. The molecule has 1 aromatic rings. The van der Waals surface area contributed by atoms with Crippen molar-refractivity contribution < 1.29 is 19.8 Å². The van der Waals surface area contributed by atoms with E-state index in [0.717, 1.165) is 25.0 Å². The lowest BCUT2D eigenvalue weighted by Gasteiger charge is -2.03. The zero-order valence-corrected chi connectivity index (χ0v) is 19.6. The van der Waals surface area contributed by atoms with Gasteiger partial charge in [0.1, 0.15) is 0 Å². The van der Waals surface area contributed by atoms with Gasteiger partial charge in [0.25, 0.3) is 0 Å². The van der Waals surface area contributed by atoms with Gasteiger partial charge in [-0.25, -0.2) is 0 Å². The SMILES string of the molecule is CC.CCCC(C)CO.O=C(CCc1cn(CCCCC(=O)NCCO)nn1)NCl. The second-order valence-electron chi connectivity index (χ2n) is 6.60. The van der Waals surface area contributed by atoms with Gasteiger partial charge in [-0.05, 0) is 25.2 Å². The predicted molar refractivity (Wildman–Crippen MR) is 119 cm³/mol. The molecule has 0 saturated carbocycles. The molecule has 30 heavy (non-hydrogen) atoms. The highest BCUT2D eigenvalue weighted by molar-refractivity contribution is 6.21. The third-order valence-electron chi connectivity index (χ3n) is 3.87. The third kappa shape index (κ3) is 18.3. The van der Waals surface area contributed by atoms with Crippen molar-refractivity contribution in [3.8, 4) is 0 Å². The molecule has 0 spiro atoms. The molecule has 1 aromatic heterocycles. The van der Waals surface area contributed by atoms with E-state index in [4.69, 9.17) is 22.0 Å². The molecule has 1 rings (SSSR count).